The summed E-state index contributed by atoms with van der Waals surface area (Å²) >= 11 is 0. The van der Waals surface area contributed by atoms with E-state index >= 15 is 0 Å². The van der Waals surface area contributed by atoms with Crippen LogP contribution in [0.3, 0.4) is 0 Å². The molecule has 0 aromatic heterocycles. The van der Waals surface area contributed by atoms with Gasteiger partial charge in [-0.05, 0) is 32.1 Å². The molecule has 1 N–H and O–H groups in total. The highest BCUT2D eigenvalue weighted by atomic mass is 16.5. The van der Waals surface area contributed by atoms with Crippen LogP contribution in [0.4, 0.5) is 0 Å². The van der Waals surface area contributed by atoms with Crippen LogP contribution in [0.5, 0.6) is 0 Å². The summed E-state index contributed by atoms with van der Waals surface area (Å²) in [7, 11) is 0. The SMILES string of the molecule is CCCCCOC1CCC(O)CC1. The summed E-state index contributed by atoms with van der Waals surface area (Å²) in [4.78, 5) is 0. The standard InChI is InChI=1S/C11H22O2/c1-2-3-4-9-13-11-7-5-10(12)6-8-11/h10-12H,2-9H2,1H3. The molecule has 0 spiro atoms. The smallest absolute Gasteiger partial charge is 0.0577 e. The minimum absolute atomic E-state index is 0.0597. The molecule has 1 fully saturated rings. The molecule has 0 radical (unpaired) electrons. The van der Waals surface area contributed by atoms with Gasteiger partial charge >= 0.3 is 0 Å². The van der Waals surface area contributed by atoms with E-state index in [2.05, 4.69) is 6.92 Å². The van der Waals surface area contributed by atoms with E-state index in [4.69, 9.17) is 4.74 Å². The van der Waals surface area contributed by atoms with E-state index in [1.54, 1.807) is 0 Å². The number of aliphatic hydroxyl groups is 1. The van der Waals surface area contributed by atoms with Gasteiger partial charge in [0.05, 0.1) is 12.2 Å². The van der Waals surface area contributed by atoms with Crippen LogP contribution >= 0.6 is 0 Å². The maximum atomic E-state index is 9.28. The van der Waals surface area contributed by atoms with E-state index in [9.17, 15) is 5.11 Å². The van der Waals surface area contributed by atoms with Crippen molar-refractivity contribution in [2.75, 3.05) is 6.61 Å². The third kappa shape index (κ3) is 4.63. The lowest BCUT2D eigenvalue weighted by Gasteiger charge is -2.25. The summed E-state index contributed by atoms with van der Waals surface area (Å²) in [6, 6.07) is 0. The molecule has 78 valence electrons. The molecule has 0 unspecified atom stereocenters. The molecule has 1 aliphatic carbocycles. The summed E-state index contributed by atoms with van der Waals surface area (Å²) in [5, 5.41) is 9.28. The second-order valence-corrected chi connectivity index (χ2v) is 4.01. The van der Waals surface area contributed by atoms with Gasteiger partial charge in [0.15, 0.2) is 0 Å². The summed E-state index contributed by atoms with van der Waals surface area (Å²) in [6.45, 7) is 3.12. The lowest BCUT2D eigenvalue weighted by atomic mass is 9.95. The Morgan fingerprint density at radius 1 is 1.15 bits per heavy atom. The van der Waals surface area contributed by atoms with Crippen molar-refractivity contribution >= 4 is 0 Å². The predicted octanol–water partition coefficient (Wildman–Crippen LogP) is 2.50. The Bertz CT molecular complexity index is 117. The molecule has 2 nitrogen and oxygen atoms in total. The van der Waals surface area contributed by atoms with E-state index in [-0.39, 0.29) is 6.10 Å². The van der Waals surface area contributed by atoms with Gasteiger partial charge in [0.25, 0.3) is 0 Å². The van der Waals surface area contributed by atoms with Crippen LogP contribution in [-0.4, -0.2) is 23.9 Å². The Labute approximate surface area is 81.3 Å². The monoisotopic (exact) mass is 186 g/mol. The first-order valence-electron chi connectivity index (χ1n) is 5.62. The minimum atomic E-state index is -0.0597. The molecule has 0 amide bonds. The lowest BCUT2D eigenvalue weighted by Crippen LogP contribution is -2.24. The largest absolute Gasteiger partial charge is 0.393 e. The molecule has 1 saturated carbocycles. The second kappa shape index (κ2) is 6.39. The maximum absolute atomic E-state index is 9.28. The fourth-order valence-electron chi connectivity index (χ4n) is 1.81. The van der Waals surface area contributed by atoms with Crippen LogP contribution in [0.25, 0.3) is 0 Å². The lowest BCUT2D eigenvalue weighted by molar-refractivity contribution is -0.00436. The molecule has 13 heavy (non-hydrogen) atoms. The highest BCUT2D eigenvalue weighted by molar-refractivity contribution is 4.71. The van der Waals surface area contributed by atoms with E-state index in [1.807, 2.05) is 0 Å². The highest BCUT2D eigenvalue weighted by Gasteiger charge is 2.19. The third-order valence-corrected chi connectivity index (χ3v) is 2.75. The third-order valence-electron chi connectivity index (χ3n) is 2.75. The Kier molecular flexibility index (Phi) is 5.40. The van der Waals surface area contributed by atoms with Crippen molar-refractivity contribution in [3.05, 3.63) is 0 Å². The Hall–Kier alpha value is -0.0800. The van der Waals surface area contributed by atoms with Crippen LogP contribution in [0.15, 0.2) is 0 Å². The second-order valence-electron chi connectivity index (χ2n) is 4.01. The Balaban J connectivity index is 1.96. The van der Waals surface area contributed by atoms with Crippen molar-refractivity contribution < 1.29 is 9.84 Å². The molecule has 0 heterocycles. The molecule has 0 saturated heterocycles. The highest BCUT2D eigenvalue weighted by Crippen LogP contribution is 2.21. The molecule has 0 atom stereocenters. The zero-order valence-electron chi connectivity index (χ0n) is 8.67. The number of hydrogen-bond donors (Lipinski definition) is 1. The first-order chi connectivity index (χ1) is 6.33. The molecule has 0 aromatic carbocycles. The summed E-state index contributed by atoms with van der Waals surface area (Å²) in [5.74, 6) is 0. The van der Waals surface area contributed by atoms with Crippen molar-refractivity contribution in [3.8, 4) is 0 Å². The van der Waals surface area contributed by atoms with Gasteiger partial charge in [0, 0.05) is 6.61 Å². The minimum Gasteiger partial charge on any atom is -0.393 e. The van der Waals surface area contributed by atoms with Gasteiger partial charge in [0.2, 0.25) is 0 Å². The normalized spacial score (nSPS) is 29.1. The fraction of sp³-hybridized carbons (Fsp3) is 1.00. The van der Waals surface area contributed by atoms with Gasteiger partial charge < -0.3 is 9.84 Å². The molecule has 1 rings (SSSR count). The van der Waals surface area contributed by atoms with Crippen molar-refractivity contribution in [2.24, 2.45) is 0 Å². The van der Waals surface area contributed by atoms with Crippen LogP contribution in [0.2, 0.25) is 0 Å². The Morgan fingerprint density at radius 3 is 2.46 bits per heavy atom. The Morgan fingerprint density at radius 2 is 1.85 bits per heavy atom. The average Bonchev–Trinajstić information content (AvgIpc) is 2.15. The van der Waals surface area contributed by atoms with Crippen molar-refractivity contribution in [1.29, 1.82) is 0 Å². The molecule has 0 aromatic rings. The first-order valence-corrected chi connectivity index (χ1v) is 5.62. The quantitative estimate of drug-likeness (QED) is 0.668. The fourth-order valence-corrected chi connectivity index (χ4v) is 1.81. The summed E-state index contributed by atoms with van der Waals surface area (Å²) in [5.41, 5.74) is 0. The molecule has 2 heteroatoms. The van der Waals surface area contributed by atoms with Gasteiger partial charge in [-0.15, -0.1) is 0 Å². The van der Waals surface area contributed by atoms with Crippen molar-refractivity contribution in [2.45, 2.75) is 64.1 Å². The molecule has 1 aliphatic rings. The zero-order chi connectivity index (χ0) is 9.52. The van der Waals surface area contributed by atoms with Gasteiger partial charge in [-0.2, -0.15) is 0 Å². The average molecular weight is 186 g/mol. The maximum Gasteiger partial charge on any atom is 0.0577 e. The molecular formula is C11H22O2. The number of hydrogen-bond acceptors (Lipinski definition) is 2. The van der Waals surface area contributed by atoms with Crippen LogP contribution in [-0.2, 0) is 4.74 Å². The molecular weight excluding hydrogens is 164 g/mol. The molecule has 0 aliphatic heterocycles. The molecule has 0 bridgehead atoms. The van der Waals surface area contributed by atoms with E-state index in [1.165, 1.54) is 19.3 Å². The van der Waals surface area contributed by atoms with Crippen molar-refractivity contribution in [1.82, 2.24) is 0 Å². The first kappa shape index (κ1) is 11.0. The van der Waals surface area contributed by atoms with Gasteiger partial charge in [0.1, 0.15) is 0 Å². The van der Waals surface area contributed by atoms with Crippen LogP contribution in [0, 0.1) is 0 Å². The van der Waals surface area contributed by atoms with Gasteiger partial charge in [-0.1, -0.05) is 19.8 Å². The summed E-state index contributed by atoms with van der Waals surface area (Å²) in [6.07, 6.45) is 8.05. The number of ether oxygens (including phenoxy) is 1. The topological polar surface area (TPSA) is 29.5 Å². The van der Waals surface area contributed by atoms with Gasteiger partial charge in [-0.3, -0.25) is 0 Å². The summed E-state index contributed by atoms with van der Waals surface area (Å²) < 4.78 is 5.72. The van der Waals surface area contributed by atoms with Gasteiger partial charge in [-0.25, -0.2) is 0 Å². The number of unbranched alkanes of at least 4 members (excludes halogenated alkanes) is 2. The van der Waals surface area contributed by atoms with E-state index < -0.39 is 0 Å². The van der Waals surface area contributed by atoms with Crippen LogP contribution in [0.1, 0.15) is 51.9 Å². The zero-order valence-corrected chi connectivity index (χ0v) is 8.67. The van der Waals surface area contributed by atoms with E-state index in [0.29, 0.717) is 6.10 Å². The van der Waals surface area contributed by atoms with Crippen molar-refractivity contribution in [3.63, 3.8) is 0 Å². The van der Waals surface area contributed by atoms with E-state index in [0.717, 1.165) is 32.3 Å². The van der Waals surface area contributed by atoms with Crippen LogP contribution < -0.4 is 0 Å². The number of rotatable bonds is 5. The number of aliphatic hydroxyl groups excluding tert-OH is 1. The predicted molar refractivity (Wildman–Crippen MR) is 53.7 cm³/mol.